The standard InChI is InChI=1S/C22H19FN4OS/c1-14(21(28)24-17-12-11-15-7-3-4-8-16(15)13-17)29-22-26-25-20(27(22)2)18-9-5-6-10-19(18)23/h3-14H,1-2H3,(H,24,28). The average molecular weight is 406 g/mol. The van der Waals surface area contributed by atoms with Crippen molar-refractivity contribution in [1.29, 1.82) is 0 Å². The fraction of sp³-hybridized carbons (Fsp3) is 0.136. The van der Waals surface area contributed by atoms with Crippen LogP contribution >= 0.6 is 11.8 Å². The number of amides is 1. The van der Waals surface area contributed by atoms with Crippen molar-refractivity contribution in [2.45, 2.75) is 17.3 Å². The molecule has 1 amide bonds. The van der Waals surface area contributed by atoms with Crippen molar-refractivity contribution >= 4 is 34.1 Å². The summed E-state index contributed by atoms with van der Waals surface area (Å²) < 4.78 is 15.8. The fourth-order valence-corrected chi connectivity index (χ4v) is 3.83. The molecule has 0 bridgehead atoms. The van der Waals surface area contributed by atoms with Crippen LogP contribution in [0.3, 0.4) is 0 Å². The van der Waals surface area contributed by atoms with Crippen LogP contribution in [0.2, 0.25) is 0 Å². The minimum Gasteiger partial charge on any atom is -0.325 e. The van der Waals surface area contributed by atoms with E-state index < -0.39 is 5.25 Å². The molecule has 0 fully saturated rings. The van der Waals surface area contributed by atoms with Gasteiger partial charge < -0.3 is 9.88 Å². The zero-order valence-corrected chi connectivity index (χ0v) is 16.8. The van der Waals surface area contributed by atoms with Gasteiger partial charge in [-0.2, -0.15) is 0 Å². The van der Waals surface area contributed by atoms with Gasteiger partial charge in [-0.15, -0.1) is 10.2 Å². The summed E-state index contributed by atoms with van der Waals surface area (Å²) in [5.74, 6) is -0.0740. The first kappa shape index (κ1) is 19.1. The highest BCUT2D eigenvalue weighted by Crippen LogP contribution is 2.28. The third-order valence-corrected chi connectivity index (χ3v) is 5.75. The van der Waals surface area contributed by atoms with Gasteiger partial charge in [0.05, 0.1) is 10.8 Å². The van der Waals surface area contributed by atoms with Crippen LogP contribution in [0.15, 0.2) is 71.9 Å². The van der Waals surface area contributed by atoms with E-state index in [9.17, 15) is 9.18 Å². The van der Waals surface area contributed by atoms with Crippen LogP contribution in [-0.4, -0.2) is 25.9 Å². The smallest absolute Gasteiger partial charge is 0.237 e. The van der Waals surface area contributed by atoms with Gasteiger partial charge in [0, 0.05) is 12.7 Å². The maximum Gasteiger partial charge on any atom is 0.237 e. The summed E-state index contributed by atoms with van der Waals surface area (Å²) in [6.07, 6.45) is 0. The largest absolute Gasteiger partial charge is 0.325 e. The molecular formula is C22H19FN4OS. The number of hydrogen-bond acceptors (Lipinski definition) is 4. The number of hydrogen-bond donors (Lipinski definition) is 1. The van der Waals surface area contributed by atoms with E-state index in [1.54, 1.807) is 36.7 Å². The van der Waals surface area contributed by atoms with E-state index in [0.29, 0.717) is 16.5 Å². The third kappa shape index (κ3) is 4.00. The highest BCUT2D eigenvalue weighted by Gasteiger charge is 2.20. The predicted octanol–water partition coefficient (Wildman–Crippen LogP) is 4.89. The summed E-state index contributed by atoms with van der Waals surface area (Å²) in [4.78, 5) is 12.6. The molecule has 1 atom stereocenters. The molecule has 1 unspecified atom stereocenters. The summed E-state index contributed by atoms with van der Waals surface area (Å²) >= 11 is 1.28. The lowest BCUT2D eigenvalue weighted by molar-refractivity contribution is -0.115. The van der Waals surface area contributed by atoms with Crippen LogP contribution in [0, 0.1) is 5.82 Å². The number of fused-ring (bicyclic) bond motifs is 1. The summed E-state index contributed by atoms with van der Waals surface area (Å²) in [5, 5.41) is 13.5. The van der Waals surface area contributed by atoms with Crippen LogP contribution in [0.1, 0.15) is 6.92 Å². The van der Waals surface area contributed by atoms with E-state index in [-0.39, 0.29) is 11.7 Å². The van der Waals surface area contributed by atoms with E-state index in [1.807, 2.05) is 42.5 Å². The zero-order chi connectivity index (χ0) is 20.4. The molecule has 7 heteroatoms. The first-order valence-electron chi connectivity index (χ1n) is 9.13. The molecule has 0 aliphatic heterocycles. The second-order valence-electron chi connectivity index (χ2n) is 6.66. The molecule has 1 N–H and O–H groups in total. The molecule has 4 aromatic rings. The lowest BCUT2D eigenvalue weighted by Crippen LogP contribution is -2.22. The van der Waals surface area contributed by atoms with Gasteiger partial charge in [-0.25, -0.2) is 4.39 Å². The summed E-state index contributed by atoms with van der Waals surface area (Å²) in [5.41, 5.74) is 1.12. The minimum atomic E-state index is -0.405. The molecule has 0 aliphatic carbocycles. The molecule has 0 saturated heterocycles. The molecule has 0 aliphatic rings. The topological polar surface area (TPSA) is 59.8 Å². The van der Waals surface area contributed by atoms with Crippen molar-refractivity contribution in [2.24, 2.45) is 7.05 Å². The van der Waals surface area contributed by atoms with E-state index in [4.69, 9.17) is 0 Å². The number of aromatic nitrogens is 3. The first-order chi connectivity index (χ1) is 14.0. The number of anilines is 1. The number of carbonyl (C=O) groups excluding carboxylic acids is 1. The second kappa shape index (κ2) is 8.05. The Morgan fingerprint density at radius 3 is 2.55 bits per heavy atom. The number of rotatable bonds is 5. The number of thioether (sulfide) groups is 1. The van der Waals surface area contributed by atoms with Crippen LogP contribution in [-0.2, 0) is 11.8 Å². The Morgan fingerprint density at radius 2 is 1.76 bits per heavy atom. The van der Waals surface area contributed by atoms with Crippen molar-refractivity contribution < 1.29 is 9.18 Å². The number of nitrogens with zero attached hydrogens (tertiary/aromatic N) is 3. The van der Waals surface area contributed by atoms with Crippen molar-refractivity contribution in [3.8, 4) is 11.4 Å². The van der Waals surface area contributed by atoms with E-state index in [2.05, 4.69) is 15.5 Å². The number of benzene rings is 3. The number of halogens is 1. The Balaban J connectivity index is 1.48. The van der Waals surface area contributed by atoms with Gasteiger partial charge in [0.2, 0.25) is 5.91 Å². The maximum absolute atomic E-state index is 14.1. The summed E-state index contributed by atoms with van der Waals surface area (Å²) in [6.45, 7) is 1.80. The van der Waals surface area contributed by atoms with Crippen molar-refractivity contribution in [3.05, 3.63) is 72.5 Å². The Kier molecular flexibility index (Phi) is 5.31. The Bertz CT molecular complexity index is 1190. The number of nitrogens with one attached hydrogen (secondary N) is 1. The van der Waals surface area contributed by atoms with Crippen molar-refractivity contribution in [2.75, 3.05) is 5.32 Å². The van der Waals surface area contributed by atoms with Crippen molar-refractivity contribution in [1.82, 2.24) is 14.8 Å². The molecule has 4 rings (SSSR count). The molecule has 3 aromatic carbocycles. The average Bonchev–Trinajstić information content (AvgIpc) is 3.08. The molecule has 0 saturated carbocycles. The third-order valence-electron chi connectivity index (χ3n) is 4.62. The Morgan fingerprint density at radius 1 is 1.03 bits per heavy atom. The predicted molar refractivity (Wildman–Crippen MR) is 114 cm³/mol. The Labute approximate surface area is 172 Å². The molecule has 1 heterocycles. The van der Waals surface area contributed by atoms with Gasteiger partial charge in [0.15, 0.2) is 11.0 Å². The highest BCUT2D eigenvalue weighted by atomic mass is 32.2. The molecule has 29 heavy (non-hydrogen) atoms. The monoisotopic (exact) mass is 406 g/mol. The van der Waals surface area contributed by atoms with Gasteiger partial charge in [-0.05, 0) is 42.0 Å². The van der Waals surface area contributed by atoms with Gasteiger partial charge in [0.25, 0.3) is 0 Å². The SMILES string of the molecule is CC(Sc1nnc(-c2ccccc2F)n1C)C(=O)Nc1ccc2ccccc2c1. The van der Waals surface area contributed by atoms with Gasteiger partial charge in [-0.1, -0.05) is 54.2 Å². The number of carbonyl (C=O) groups is 1. The molecule has 146 valence electrons. The minimum absolute atomic E-state index is 0.138. The van der Waals surface area contributed by atoms with E-state index in [1.165, 1.54) is 17.8 Å². The van der Waals surface area contributed by atoms with Gasteiger partial charge in [0.1, 0.15) is 5.82 Å². The van der Waals surface area contributed by atoms with Crippen molar-refractivity contribution in [3.63, 3.8) is 0 Å². The second-order valence-corrected chi connectivity index (χ2v) is 7.96. The van der Waals surface area contributed by atoms with Crippen LogP contribution < -0.4 is 5.32 Å². The van der Waals surface area contributed by atoms with E-state index in [0.717, 1.165) is 16.5 Å². The maximum atomic E-state index is 14.1. The van der Waals surface area contributed by atoms with Gasteiger partial charge >= 0.3 is 0 Å². The first-order valence-corrected chi connectivity index (χ1v) is 10.0. The van der Waals surface area contributed by atoms with Crippen LogP contribution in [0.5, 0.6) is 0 Å². The van der Waals surface area contributed by atoms with E-state index >= 15 is 0 Å². The fourth-order valence-electron chi connectivity index (χ4n) is 3.02. The zero-order valence-electron chi connectivity index (χ0n) is 16.0. The quantitative estimate of drug-likeness (QED) is 0.479. The van der Waals surface area contributed by atoms with Crippen LogP contribution in [0.25, 0.3) is 22.2 Å². The molecule has 1 aromatic heterocycles. The highest BCUT2D eigenvalue weighted by molar-refractivity contribution is 8.00. The van der Waals surface area contributed by atoms with Crippen LogP contribution in [0.4, 0.5) is 10.1 Å². The lowest BCUT2D eigenvalue weighted by atomic mass is 10.1. The molecule has 5 nitrogen and oxygen atoms in total. The summed E-state index contributed by atoms with van der Waals surface area (Å²) in [7, 11) is 1.76. The summed E-state index contributed by atoms with van der Waals surface area (Å²) in [6, 6.07) is 20.2. The molecule has 0 spiro atoms. The normalized spacial score (nSPS) is 12.1. The van der Waals surface area contributed by atoms with Gasteiger partial charge in [-0.3, -0.25) is 4.79 Å². The lowest BCUT2D eigenvalue weighted by Gasteiger charge is -2.12. The Hall–Kier alpha value is -3.19. The molecule has 0 radical (unpaired) electrons. The molecular weight excluding hydrogens is 387 g/mol.